The molecule has 0 aliphatic carbocycles. The number of sulfonamides is 1. The Kier molecular flexibility index (Phi) is 4.71. The Hall–Kier alpha value is -0.660. The highest BCUT2D eigenvalue weighted by Gasteiger charge is 2.41. The van der Waals surface area contributed by atoms with Crippen LogP contribution in [0.1, 0.15) is 25.7 Å². The van der Waals surface area contributed by atoms with Crippen LogP contribution in [0, 0.1) is 5.41 Å². The summed E-state index contributed by atoms with van der Waals surface area (Å²) >= 11 is 0. The third-order valence-electron chi connectivity index (χ3n) is 4.35. The first-order valence-electron chi connectivity index (χ1n) is 7.21. The summed E-state index contributed by atoms with van der Waals surface area (Å²) in [5.41, 5.74) is 0.271. The van der Waals surface area contributed by atoms with Crippen LogP contribution in [-0.4, -0.2) is 70.2 Å². The lowest BCUT2D eigenvalue weighted by molar-refractivity contribution is -0.134. The zero-order valence-electron chi connectivity index (χ0n) is 12.4. The first kappa shape index (κ1) is 15.7. The Labute approximate surface area is 121 Å². The van der Waals surface area contributed by atoms with Crippen LogP contribution in [-0.2, 0) is 14.8 Å². The van der Waals surface area contributed by atoms with Gasteiger partial charge < -0.3 is 9.80 Å². The Balaban J connectivity index is 1.84. The first-order valence-corrected chi connectivity index (χ1v) is 9.10. The number of amides is 1. The summed E-state index contributed by atoms with van der Waals surface area (Å²) in [5.74, 6) is 0.0646. The molecule has 1 amide bonds. The average Bonchev–Trinajstić information content (AvgIpc) is 2.68. The van der Waals surface area contributed by atoms with Gasteiger partial charge in [0.15, 0.2) is 0 Å². The lowest BCUT2D eigenvalue weighted by Crippen LogP contribution is -2.47. The molecule has 2 aliphatic rings. The average molecular weight is 303 g/mol. The van der Waals surface area contributed by atoms with E-state index in [-0.39, 0.29) is 24.3 Å². The second-order valence-corrected chi connectivity index (χ2v) is 8.16. The van der Waals surface area contributed by atoms with Crippen molar-refractivity contribution in [2.75, 3.05) is 46.0 Å². The van der Waals surface area contributed by atoms with Crippen LogP contribution in [0.25, 0.3) is 0 Å². The lowest BCUT2D eigenvalue weighted by Gasteiger charge is -2.40. The van der Waals surface area contributed by atoms with Crippen molar-refractivity contribution in [1.82, 2.24) is 14.5 Å². The number of piperidine rings is 1. The van der Waals surface area contributed by atoms with Crippen molar-refractivity contribution in [3.05, 3.63) is 0 Å². The predicted molar refractivity (Wildman–Crippen MR) is 77.8 cm³/mol. The van der Waals surface area contributed by atoms with Gasteiger partial charge in [0.25, 0.3) is 0 Å². The van der Waals surface area contributed by atoms with E-state index in [0.29, 0.717) is 0 Å². The van der Waals surface area contributed by atoms with E-state index < -0.39 is 10.0 Å². The highest BCUT2D eigenvalue weighted by atomic mass is 32.2. The number of carbonyl (C=O) groups excluding carboxylic acids is 1. The number of hydrogen-bond donors (Lipinski definition) is 1. The number of hydrogen-bond acceptors (Lipinski definition) is 4. The van der Waals surface area contributed by atoms with E-state index in [0.717, 1.165) is 45.3 Å². The molecule has 0 aromatic carbocycles. The Morgan fingerprint density at radius 3 is 2.60 bits per heavy atom. The molecule has 0 aromatic heterocycles. The van der Waals surface area contributed by atoms with Crippen LogP contribution in [0.5, 0.6) is 0 Å². The molecule has 2 fully saturated rings. The van der Waals surface area contributed by atoms with Crippen molar-refractivity contribution >= 4 is 15.9 Å². The van der Waals surface area contributed by atoms with Gasteiger partial charge in [-0.05, 0) is 32.9 Å². The highest BCUT2D eigenvalue weighted by Crippen LogP contribution is 2.38. The maximum absolute atomic E-state index is 12.2. The number of carbonyl (C=O) groups is 1. The van der Waals surface area contributed by atoms with E-state index in [9.17, 15) is 13.2 Å². The van der Waals surface area contributed by atoms with Gasteiger partial charge >= 0.3 is 0 Å². The number of nitrogens with one attached hydrogen (secondary N) is 1. The minimum absolute atomic E-state index is 0.0646. The topological polar surface area (TPSA) is 69.7 Å². The molecule has 2 aliphatic heterocycles. The second kappa shape index (κ2) is 5.99. The van der Waals surface area contributed by atoms with Crippen LogP contribution in [0.3, 0.4) is 0 Å². The summed E-state index contributed by atoms with van der Waals surface area (Å²) in [6, 6.07) is 0. The molecule has 1 spiro atoms. The summed E-state index contributed by atoms with van der Waals surface area (Å²) in [4.78, 5) is 16.4. The quantitative estimate of drug-likeness (QED) is 0.785. The van der Waals surface area contributed by atoms with Gasteiger partial charge in [-0.15, -0.1) is 0 Å². The Morgan fingerprint density at radius 1 is 1.25 bits per heavy atom. The zero-order chi connectivity index (χ0) is 14.8. The largest absolute Gasteiger partial charge is 0.342 e. The molecule has 2 saturated heterocycles. The molecule has 0 radical (unpaired) electrons. The van der Waals surface area contributed by atoms with Gasteiger partial charge in [-0.1, -0.05) is 0 Å². The monoisotopic (exact) mass is 303 g/mol. The van der Waals surface area contributed by atoms with Crippen LogP contribution in [0.4, 0.5) is 0 Å². The molecular formula is C13H25N3O3S. The molecule has 2 heterocycles. The normalized spacial score (nSPS) is 28.2. The molecule has 0 bridgehead atoms. The fourth-order valence-corrected chi connectivity index (χ4v) is 3.89. The van der Waals surface area contributed by atoms with Gasteiger partial charge in [0.05, 0.1) is 6.26 Å². The fraction of sp³-hybridized carbons (Fsp3) is 0.923. The molecular weight excluding hydrogens is 278 g/mol. The minimum atomic E-state index is -3.21. The highest BCUT2D eigenvalue weighted by molar-refractivity contribution is 7.88. The molecule has 0 aromatic rings. The SMILES string of the molecule is CN1CC[C@]2(CCCN(C(=O)CCNS(C)(=O)=O)C2)C1. The van der Waals surface area contributed by atoms with Crippen molar-refractivity contribution in [2.45, 2.75) is 25.7 Å². The summed E-state index contributed by atoms with van der Waals surface area (Å²) in [5, 5.41) is 0. The molecule has 6 nitrogen and oxygen atoms in total. The van der Waals surface area contributed by atoms with Crippen LogP contribution in [0.2, 0.25) is 0 Å². The van der Waals surface area contributed by atoms with Crippen LogP contribution < -0.4 is 4.72 Å². The molecule has 20 heavy (non-hydrogen) atoms. The smallest absolute Gasteiger partial charge is 0.223 e. The van der Waals surface area contributed by atoms with Gasteiger partial charge in [-0.25, -0.2) is 13.1 Å². The van der Waals surface area contributed by atoms with Gasteiger partial charge in [-0.2, -0.15) is 0 Å². The Bertz CT molecular complexity index is 461. The van der Waals surface area contributed by atoms with Crippen molar-refractivity contribution < 1.29 is 13.2 Å². The third kappa shape index (κ3) is 4.17. The van der Waals surface area contributed by atoms with Crippen molar-refractivity contribution in [3.8, 4) is 0 Å². The summed E-state index contributed by atoms with van der Waals surface area (Å²) < 4.78 is 24.4. The second-order valence-electron chi connectivity index (χ2n) is 6.32. The summed E-state index contributed by atoms with van der Waals surface area (Å²) in [7, 11) is -1.08. The molecule has 7 heteroatoms. The third-order valence-corrected chi connectivity index (χ3v) is 5.07. The molecule has 0 saturated carbocycles. The van der Waals surface area contributed by atoms with Gasteiger partial charge in [0, 0.05) is 38.0 Å². The first-order chi connectivity index (χ1) is 9.30. The van der Waals surface area contributed by atoms with Crippen molar-refractivity contribution in [2.24, 2.45) is 5.41 Å². The van der Waals surface area contributed by atoms with E-state index >= 15 is 0 Å². The number of nitrogens with zero attached hydrogens (tertiary/aromatic N) is 2. The van der Waals surface area contributed by atoms with Gasteiger partial charge in [0.2, 0.25) is 15.9 Å². The summed E-state index contributed by atoms with van der Waals surface area (Å²) in [6.45, 7) is 4.01. The maximum Gasteiger partial charge on any atom is 0.223 e. The van der Waals surface area contributed by atoms with Crippen molar-refractivity contribution in [1.29, 1.82) is 0 Å². The zero-order valence-corrected chi connectivity index (χ0v) is 13.2. The Morgan fingerprint density at radius 2 is 2.00 bits per heavy atom. The maximum atomic E-state index is 12.2. The van der Waals surface area contributed by atoms with E-state index in [1.165, 1.54) is 6.42 Å². The molecule has 0 unspecified atom stereocenters. The van der Waals surface area contributed by atoms with E-state index in [2.05, 4.69) is 16.7 Å². The minimum Gasteiger partial charge on any atom is -0.342 e. The van der Waals surface area contributed by atoms with E-state index in [4.69, 9.17) is 0 Å². The predicted octanol–water partition coefficient (Wildman–Crippen LogP) is -0.130. The molecule has 1 atom stereocenters. The number of likely N-dealkylation sites (tertiary alicyclic amines) is 2. The standard InChI is InChI=1S/C13H25N3O3S/c1-15-9-6-13(10-15)5-3-8-16(11-13)12(17)4-7-14-20(2,18)19/h14H,3-11H2,1-2H3/t13-/m1/s1. The fourth-order valence-electron chi connectivity index (χ4n) is 3.41. The van der Waals surface area contributed by atoms with E-state index in [1.54, 1.807) is 0 Å². The van der Waals surface area contributed by atoms with Crippen molar-refractivity contribution in [3.63, 3.8) is 0 Å². The number of rotatable bonds is 4. The van der Waals surface area contributed by atoms with Crippen LogP contribution in [0.15, 0.2) is 0 Å². The van der Waals surface area contributed by atoms with Gasteiger partial charge in [-0.3, -0.25) is 4.79 Å². The van der Waals surface area contributed by atoms with E-state index in [1.807, 2.05) is 4.90 Å². The molecule has 2 rings (SSSR count). The summed E-state index contributed by atoms with van der Waals surface area (Å²) in [6.07, 6.45) is 4.78. The van der Waals surface area contributed by atoms with Gasteiger partial charge in [0.1, 0.15) is 0 Å². The molecule has 116 valence electrons. The molecule has 1 N–H and O–H groups in total. The van der Waals surface area contributed by atoms with Crippen LogP contribution >= 0.6 is 0 Å². The lowest BCUT2D eigenvalue weighted by atomic mass is 9.79.